The number of hydrogen-bond acceptors (Lipinski definition) is 3. The van der Waals surface area contributed by atoms with Crippen molar-refractivity contribution in [1.29, 1.82) is 0 Å². The molecule has 0 unspecified atom stereocenters. The molecule has 0 fully saturated rings. The summed E-state index contributed by atoms with van der Waals surface area (Å²) in [4.78, 5) is 10.7. The second-order valence-corrected chi connectivity index (χ2v) is 4.96. The fourth-order valence-corrected chi connectivity index (χ4v) is 2.16. The quantitative estimate of drug-likeness (QED) is 0.812. The lowest BCUT2D eigenvalue weighted by molar-refractivity contribution is -0.136. The number of aliphatic carboxylic acids is 1. The van der Waals surface area contributed by atoms with E-state index in [1.165, 1.54) is 5.56 Å². The van der Waals surface area contributed by atoms with Crippen molar-refractivity contribution in [2.45, 2.75) is 19.3 Å². The van der Waals surface area contributed by atoms with Crippen molar-refractivity contribution in [1.82, 2.24) is 0 Å². The minimum atomic E-state index is -0.803. The average molecular weight is 300 g/mol. The lowest BCUT2D eigenvalue weighted by Crippen LogP contribution is -2.04. The fraction of sp³-hybridized carbons (Fsp3) is 0.278. The highest BCUT2D eigenvalue weighted by molar-refractivity contribution is 5.67. The molecule has 4 nitrogen and oxygen atoms in total. The van der Waals surface area contributed by atoms with E-state index >= 15 is 0 Å². The Morgan fingerprint density at radius 3 is 2.45 bits per heavy atom. The number of ether oxygens (including phenoxy) is 2. The standard InChI is InChI=1S/C18H20O4/c1-21-16-9-7-15(8-10-18(19)20)13-17(16)22-12-11-14-5-3-2-4-6-14/h2-7,9,13H,8,10-12H2,1H3,(H,19,20). The Balaban J connectivity index is 1.98. The summed E-state index contributed by atoms with van der Waals surface area (Å²) in [7, 11) is 1.59. The van der Waals surface area contributed by atoms with Crippen LogP contribution in [0.2, 0.25) is 0 Å². The Kier molecular flexibility index (Phi) is 5.83. The summed E-state index contributed by atoms with van der Waals surface area (Å²) < 4.78 is 11.1. The fourth-order valence-electron chi connectivity index (χ4n) is 2.16. The van der Waals surface area contributed by atoms with E-state index in [-0.39, 0.29) is 6.42 Å². The van der Waals surface area contributed by atoms with Crippen molar-refractivity contribution in [3.63, 3.8) is 0 Å². The summed E-state index contributed by atoms with van der Waals surface area (Å²) in [5.74, 6) is 0.510. The molecule has 0 heterocycles. The van der Waals surface area contributed by atoms with Crippen LogP contribution in [-0.2, 0) is 17.6 Å². The van der Waals surface area contributed by atoms with Gasteiger partial charge in [-0.15, -0.1) is 0 Å². The van der Waals surface area contributed by atoms with Gasteiger partial charge in [0.25, 0.3) is 0 Å². The molecule has 0 bridgehead atoms. The molecule has 2 rings (SSSR count). The predicted molar refractivity (Wildman–Crippen MR) is 84.6 cm³/mol. The van der Waals surface area contributed by atoms with Gasteiger partial charge >= 0.3 is 5.97 Å². The third-order valence-corrected chi connectivity index (χ3v) is 3.35. The molecular weight excluding hydrogens is 280 g/mol. The second-order valence-electron chi connectivity index (χ2n) is 4.96. The summed E-state index contributed by atoms with van der Waals surface area (Å²) in [5.41, 5.74) is 2.14. The molecule has 116 valence electrons. The van der Waals surface area contributed by atoms with Crippen LogP contribution >= 0.6 is 0 Å². The first kappa shape index (κ1) is 15.9. The minimum Gasteiger partial charge on any atom is -0.493 e. The first-order valence-electron chi connectivity index (χ1n) is 7.24. The van der Waals surface area contributed by atoms with E-state index in [4.69, 9.17) is 14.6 Å². The average Bonchev–Trinajstić information content (AvgIpc) is 2.54. The van der Waals surface area contributed by atoms with Crippen LogP contribution in [0.5, 0.6) is 11.5 Å². The Bertz CT molecular complexity index is 608. The van der Waals surface area contributed by atoms with E-state index in [0.717, 1.165) is 12.0 Å². The van der Waals surface area contributed by atoms with Gasteiger partial charge in [-0.3, -0.25) is 4.79 Å². The third-order valence-electron chi connectivity index (χ3n) is 3.35. The molecule has 2 aromatic rings. The number of carboxylic acids is 1. The summed E-state index contributed by atoms with van der Waals surface area (Å²) in [6.07, 6.45) is 1.40. The van der Waals surface area contributed by atoms with Gasteiger partial charge in [0.1, 0.15) is 0 Å². The Hall–Kier alpha value is -2.49. The first-order valence-corrected chi connectivity index (χ1v) is 7.24. The highest BCUT2D eigenvalue weighted by Gasteiger charge is 2.07. The normalized spacial score (nSPS) is 10.2. The maximum Gasteiger partial charge on any atom is 0.303 e. The van der Waals surface area contributed by atoms with Crippen LogP contribution in [0.25, 0.3) is 0 Å². The highest BCUT2D eigenvalue weighted by atomic mass is 16.5. The SMILES string of the molecule is COc1ccc(CCC(=O)O)cc1OCCc1ccccc1. The molecule has 0 radical (unpaired) electrons. The number of carboxylic acid groups (broad SMARTS) is 1. The Morgan fingerprint density at radius 1 is 1.00 bits per heavy atom. The molecule has 0 aliphatic rings. The molecule has 0 amide bonds. The van der Waals surface area contributed by atoms with Crippen LogP contribution in [0.15, 0.2) is 48.5 Å². The summed E-state index contributed by atoms with van der Waals surface area (Å²) in [6.45, 7) is 0.544. The van der Waals surface area contributed by atoms with Gasteiger partial charge < -0.3 is 14.6 Å². The topological polar surface area (TPSA) is 55.8 Å². The number of carbonyl (C=O) groups is 1. The predicted octanol–water partition coefficient (Wildman–Crippen LogP) is 3.33. The monoisotopic (exact) mass is 300 g/mol. The van der Waals surface area contributed by atoms with Crippen LogP contribution in [0.3, 0.4) is 0 Å². The van der Waals surface area contributed by atoms with Gasteiger partial charge in [0, 0.05) is 12.8 Å². The molecule has 1 N–H and O–H groups in total. The van der Waals surface area contributed by atoms with Gasteiger partial charge in [-0.05, 0) is 29.7 Å². The van der Waals surface area contributed by atoms with Crippen LogP contribution in [0.1, 0.15) is 17.5 Å². The number of hydrogen-bond donors (Lipinski definition) is 1. The van der Waals surface area contributed by atoms with Crippen molar-refractivity contribution in [3.05, 3.63) is 59.7 Å². The van der Waals surface area contributed by atoms with E-state index in [0.29, 0.717) is 24.5 Å². The maximum absolute atomic E-state index is 10.7. The zero-order valence-corrected chi connectivity index (χ0v) is 12.6. The van der Waals surface area contributed by atoms with Gasteiger partial charge in [0.2, 0.25) is 0 Å². The van der Waals surface area contributed by atoms with E-state index in [2.05, 4.69) is 12.1 Å². The van der Waals surface area contributed by atoms with Crippen LogP contribution in [0.4, 0.5) is 0 Å². The molecule has 22 heavy (non-hydrogen) atoms. The number of methoxy groups -OCH3 is 1. The number of benzene rings is 2. The summed E-state index contributed by atoms with van der Waals surface area (Å²) in [6, 6.07) is 15.6. The summed E-state index contributed by atoms with van der Waals surface area (Å²) in [5, 5.41) is 8.76. The van der Waals surface area contributed by atoms with Crippen molar-refractivity contribution < 1.29 is 19.4 Å². The molecule has 2 aromatic carbocycles. The molecule has 0 aliphatic heterocycles. The highest BCUT2D eigenvalue weighted by Crippen LogP contribution is 2.28. The smallest absolute Gasteiger partial charge is 0.303 e. The van der Waals surface area contributed by atoms with Crippen molar-refractivity contribution in [2.24, 2.45) is 0 Å². The zero-order chi connectivity index (χ0) is 15.8. The van der Waals surface area contributed by atoms with E-state index in [1.807, 2.05) is 36.4 Å². The lowest BCUT2D eigenvalue weighted by Gasteiger charge is -2.12. The van der Waals surface area contributed by atoms with E-state index in [9.17, 15) is 4.79 Å². The van der Waals surface area contributed by atoms with Crippen molar-refractivity contribution in [3.8, 4) is 11.5 Å². The Labute approximate surface area is 130 Å². The van der Waals surface area contributed by atoms with Crippen molar-refractivity contribution in [2.75, 3.05) is 13.7 Å². The van der Waals surface area contributed by atoms with Gasteiger partial charge in [-0.1, -0.05) is 36.4 Å². The summed E-state index contributed by atoms with van der Waals surface area (Å²) >= 11 is 0. The maximum atomic E-state index is 10.7. The molecule has 0 saturated heterocycles. The first-order chi connectivity index (χ1) is 10.7. The largest absolute Gasteiger partial charge is 0.493 e. The second kappa shape index (κ2) is 8.08. The molecule has 0 atom stereocenters. The van der Waals surface area contributed by atoms with E-state index < -0.39 is 5.97 Å². The lowest BCUT2D eigenvalue weighted by atomic mass is 10.1. The molecule has 0 aromatic heterocycles. The van der Waals surface area contributed by atoms with Gasteiger partial charge in [0.05, 0.1) is 13.7 Å². The minimum absolute atomic E-state index is 0.107. The molecule has 0 aliphatic carbocycles. The van der Waals surface area contributed by atoms with Gasteiger partial charge in [-0.25, -0.2) is 0 Å². The zero-order valence-electron chi connectivity index (χ0n) is 12.6. The van der Waals surface area contributed by atoms with Crippen LogP contribution in [0, 0.1) is 0 Å². The van der Waals surface area contributed by atoms with Crippen LogP contribution in [-0.4, -0.2) is 24.8 Å². The Morgan fingerprint density at radius 2 is 1.77 bits per heavy atom. The van der Waals surface area contributed by atoms with Gasteiger partial charge in [0.15, 0.2) is 11.5 Å². The molecule has 0 spiro atoms. The molecule has 4 heteroatoms. The molecule has 0 saturated carbocycles. The van der Waals surface area contributed by atoms with E-state index in [1.54, 1.807) is 7.11 Å². The number of aryl methyl sites for hydroxylation is 1. The number of rotatable bonds is 8. The molecular formula is C18H20O4. The third kappa shape index (κ3) is 4.81. The van der Waals surface area contributed by atoms with Gasteiger partial charge in [-0.2, -0.15) is 0 Å². The van der Waals surface area contributed by atoms with Crippen LogP contribution < -0.4 is 9.47 Å². The van der Waals surface area contributed by atoms with Crippen molar-refractivity contribution >= 4 is 5.97 Å².